The molecule has 5 nitrogen and oxygen atoms in total. The van der Waals surface area contributed by atoms with Gasteiger partial charge in [0.2, 0.25) is 0 Å². The molecule has 5 atom stereocenters. The molecule has 1 aliphatic carbocycles. The smallest absolute Gasteiger partial charge is 0.313 e. The van der Waals surface area contributed by atoms with Crippen LogP contribution in [-0.2, 0) is 19.1 Å². The van der Waals surface area contributed by atoms with E-state index in [1.54, 1.807) is 0 Å². The van der Waals surface area contributed by atoms with Crippen molar-refractivity contribution in [3.05, 3.63) is 12.2 Å². The first-order valence-electron chi connectivity index (χ1n) is 22.5. The molecule has 1 aliphatic heterocycles. The average molecular weight is 716 g/mol. The Balaban J connectivity index is 2.07. The predicted octanol–water partition coefficient (Wildman–Crippen LogP) is 13.2. The monoisotopic (exact) mass is 716 g/mol. The number of rotatable bonds is 31. The number of unbranched alkanes of at least 4 members (excludes halogenated alkanes) is 15. The minimum Gasteiger partial charge on any atom is -0.462 e. The van der Waals surface area contributed by atoms with Crippen LogP contribution >= 0.6 is 0 Å². The second-order valence-corrected chi connectivity index (χ2v) is 17.2. The van der Waals surface area contributed by atoms with E-state index in [0.717, 1.165) is 64.5 Å². The Hall–Kier alpha value is -1.36. The summed E-state index contributed by atoms with van der Waals surface area (Å²) in [6, 6.07) is 0. The van der Waals surface area contributed by atoms with Gasteiger partial charge in [0.15, 0.2) is 0 Å². The lowest BCUT2D eigenvalue weighted by Gasteiger charge is -2.29. The highest BCUT2D eigenvalue weighted by molar-refractivity contribution is 5.77. The van der Waals surface area contributed by atoms with Gasteiger partial charge in [-0.15, -0.1) is 0 Å². The van der Waals surface area contributed by atoms with E-state index >= 15 is 0 Å². The fourth-order valence-electron chi connectivity index (χ4n) is 8.92. The quantitative estimate of drug-likeness (QED) is 0.0406. The van der Waals surface area contributed by atoms with Crippen molar-refractivity contribution in [2.45, 2.75) is 227 Å². The van der Waals surface area contributed by atoms with Crippen LogP contribution in [0.25, 0.3) is 0 Å². The zero-order chi connectivity index (χ0) is 37.2. The highest BCUT2D eigenvalue weighted by atomic mass is 16.5. The van der Waals surface area contributed by atoms with Crippen LogP contribution < -0.4 is 0 Å². The first-order chi connectivity index (χ1) is 24.8. The number of nitrogens with zero attached hydrogens (tertiary/aromatic N) is 1. The van der Waals surface area contributed by atoms with E-state index in [9.17, 15) is 9.59 Å². The van der Waals surface area contributed by atoms with Crippen LogP contribution in [0.2, 0.25) is 0 Å². The lowest BCUT2D eigenvalue weighted by molar-refractivity contribution is -0.162. The van der Waals surface area contributed by atoms with Gasteiger partial charge in [-0.25, -0.2) is 0 Å². The predicted molar refractivity (Wildman–Crippen MR) is 217 cm³/mol. The van der Waals surface area contributed by atoms with Gasteiger partial charge in [0.25, 0.3) is 0 Å². The summed E-state index contributed by atoms with van der Waals surface area (Å²) in [4.78, 5) is 29.5. The molecule has 1 saturated heterocycles. The summed E-state index contributed by atoms with van der Waals surface area (Å²) >= 11 is 0. The minimum absolute atomic E-state index is 0.0188. The fraction of sp³-hybridized carbons (Fsp3) is 0.913. The second kappa shape index (κ2) is 28.1. The molecular formula is C46H85NO4. The van der Waals surface area contributed by atoms with Crippen molar-refractivity contribution in [3.63, 3.8) is 0 Å². The van der Waals surface area contributed by atoms with Crippen LogP contribution in [0.3, 0.4) is 0 Å². The maximum absolute atomic E-state index is 13.8. The molecule has 0 amide bonds. The number of carbonyl (C=O) groups excluding carboxylic acids is 2. The summed E-state index contributed by atoms with van der Waals surface area (Å²) in [6.45, 7) is 12.8. The lowest BCUT2D eigenvalue weighted by Crippen LogP contribution is -2.36. The van der Waals surface area contributed by atoms with Crippen LogP contribution in [0.5, 0.6) is 0 Å². The van der Waals surface area contributed by atoms with Crippen molar-refractivity contribution in [1.29, 1.82) is 0 Å². The van der Waals surface area contributed by atoms with Gasteiger partial charge >= 0.3 is 11.9 Å². The van der Waals surface area contributed by atoms with Crippen LogP contribution in [0.1, 0.15) is 214 Å². The van der Waals surface area contributed by atoms with Crippen molar-refractivity contribution in [2.75, 3.05) is 20.1 Å². The molecule has 2 rings (SSSR count). The second-order valence-electron chi connectivity index (χ2n) is 17.2. The molecule has 1 saturated carbocycles. The highest BCUT2D eigenvalue weighted by Gasteiger charge is 2.45. The van der Waals surface area contributed by atoms with Gasteiger partial charge in [0.1, 0.15) is 12.2 Å². The van der Waals surface area contributed by atoms with Crippen molar-refractivity contribution >= 4 is 11.9 Å². The van der Waals surface area contributed by atoms with E-state index in [0.29, 0.717) is 12.3 Å². The molecule has 2 aliphatic rings. The van der Waals surface area contributed by atoms with E-state index < -0.39 is 5.41 Å². The van der Waals surface area contributed by atoms with Gasteiger partial charge in [-0.1, -0.05) is 162 Å². The molecule has 0 spiro atoms. The first kappa shape index (κ1) is 45.8. The Kier molecular flexibility index (Phi) is 25.3. The summed E-state index contributed by atoms with van der Waals surface area (Å²) in [5, 5.41) is 0. The van der Waals surface area contributed by atoms with Gasteiger partial charge < -0.3 is 14.4 Å². The molecule has 5 heteroatoms. The molecule has 0 radical (unpaired) electrons. The first-order valence-corrected chi connectivity index (χ1v) is 22.5. The Morgan fingerprint density at radius 2 is 1.29 bits per heavy atom. The van der Waals surface area contributed by atoms with Gasteiger partial charge in [0, 0.05) is 18.9 Å². The molecule has 0 N–H and O–H groups in total. The lowest BCUT2D eigenvalue weighted by atomic mass is 9.87. The van der Waals surface area contributed by atoms with Crippen LogP contribution in [0, 0.1) is 23.2 Å². The summed E-state index contributed by atoms with van der Waals surface area (Å²) in [7, 11) is 2.08. The van der Waals surface area contributed by atoms with Gasteiger partial charge in [-0.05, 0) is 83.7 Å². The number of hydrogen-bond donors (Lipinski definition) is 0. The SMILES string of the molecule is CC/C=C\CC1C(CC(=O)OC(CCCCCCCC)CC(CCCCCCCC)CCCCCCCC)CCC1OC(=O)C1(C)CCN(C)C1. The van der Waals surface area contributed by atoms with E-state index in [1.165, 1.54) is 122 Å². The van der Waals surface area contributed by atoms with Crippen molar-refractivity contribution < 1.29 is 19.1 Å². The zero-order valence-corrected chi connectivity index (χ0v) is 34.8. The number of hydrogen-bond acceptors (Lipinski definition) is 5. The average Bonchev–Trinajstić information content (AvgIpc) is 3.66. The number of likely N-dealkylation sites (tertiary alicyclic amines) is 1. The maximum Gasteiger partial charge on any atom is 0.313 e. The Bertz CT molecular complexity index is 903. The fourth-order valence-corrected chi connectivity index (χ4v) is 8.92. The Labute approximate surface area is 317 Å². The summed E-state index contributed by atoms with van der Waals surface area (Å²) < 4.78 is 12.8. The third-order valence-electron chi connectivity index (χ3n) is 12.3. The number of esters is 2. The molecule has 0 aromatic heterocycles. The number of carbonyl (C=O) groups is 2. The Morgan fingerprint density at radius 3 is 1.82 bits per heavy atom. The molecule has 0 aromatic carbocycles. The van der Waals surface area contributed by atoms with Crippen LogP contribution in [-0.4, -0.2) is 49.2 Å². The molecule has 2 fully saturated rings. The molecule has 51 heavy (non-hydrogen) atoms. The van der Waals surface area contributed by atoms with Crippen LogP contribution in [0.4, 0.5) is 0 Å². The number of allylic oxidation sites excluding steroid dienone is 2. The van der Waals surface area contributed by atoms with E-state index in [-0.39, 0.29) is 36.0 Å². The topological polar surface area (TPSA) is 55.8 Å². The van der Waals surface area contributed by atoms with E-state index in [1.807, 2.05) is 0 Å². The van der Waals surface area contributed by atoms with E-state index in [4.69, 9.17) is 9.47 Å². The molecule has 0 bridgehead atoms. The standard InChI is InChI=1S/C46H85NO4/c1-7-11-15-18-21-25-28-39(29-26-22-19-16-12-8-2)36-41(30-27-23-20-17-13-9-3)50-44(48)37-40-32-33-43(42(40)31-24-14-10-4)51-45(49)46(5)34-35-47(6)38-46/h14,24,39-43H,7-13,15-23,25-38H2,1-6H3/b24-14-. The highest BCUT2D eigenvalue weighted by Crippen LogP contribution is 2.41. The molecule has 0 aromatic rings. The molecule has 298 valence electrons. The van der Waals surface area contributed by atoms with Gasteiger partial charge in [-0.3, -0.25) is 9.59 Å². The van der Waals surface area contributed by atoms with Crippen molar-refractivity contribution in [1.82, 2.24) is 4.90 Å². The normalized spacial score (nSPS) is 23.1. The number of ether oxygens (including phenoxy) is 2. The van der Waals surface area contributed by atoms with Crippen LogP contribution in [0.15, 0.2) is 12.2 Å². The largest absolute Gasteiger partial charge is 0.462 e. The molecule has 1 heterocycles. The molecule has 5 unspecified atom stereocenters. The zero-order valence-electron chi connectivity index (χ0n) is 34.8. The third-order valence-corrected chi connectivity index (χ3v) is 12.3. The molecular weight excluding hydrogens is 631 g/mol. The summed E-state index contributed by atoms with van der Waals surface area (Å²) in [6.07, 6.45) is 37.5. The minimum atomic E-state index is -0.430. The van der Waals surface area contributed by atoms with Crippen molar-refractivity contribution in [2.24, 2.45) is 23.2 Å². The summed E-state index contributed by atoms with van der Waals surface area (Å²) in [5.74, 6) is 0.961. The van der Waals surface area contributed by atoms with E-state index in [2.05, 4.69) is 58.7 Å². The summed E-state index contributed by atoms with van der Waals surface area (Å²) in [5.41, 5.74) is -0.430. The third kappa shape index (κ3) is 19.5. The van der Waals surface area contributed by atoms with Crippen molar-refractivity contribution in [3.8, 4) is 0 Å². The Morgan fingerprint density at radius 1 is 0.745 bits per heavy atom. The maximum atomic E-state index is 13.8. The van der Waals surface area contributed by atoms with Gasteiger partial charge in [0.05, 0.1) is 5.41 Å². The van der Waals surface area contributed by atoms with Gasteiger partial charge in [-0.2, -0.15) is 0 Å².